The van der Waals surface area contributed by atoms with Crippen molar-refractivity contribution in [3.05, 3.63) is 69.2 Å². The zero-order valence-corrected chi connectivity index (χ0v) is 17.5. The number of sulfonamides is 1. The molecule has 2 aromatic rings. The number of benzene rings is 2. The van der Waals surface area contributed by atoms with E-state index < -0.39 is 10.0 Å². The Labute approximate surface area is 171 Å². The van der Waals surface area contributed by atoms with Gasteiger partial charge in [-0.05, 0) is 54.8 Å². The number of hydrogen-bond donors (Lipinski definition) is 1. The summed E-state index contributed by atoms with van der Waals surface area (Å²) in [4.78, 5) is 2.46. The van der Waals surface area contributed by atoms with Crippen molar-refractivity contribution in [3.8, 4) is 0 Å². The van der Waals surface area contributed by atoms with E-state index in [-0.39, 0.29) is 12.3 Å². The van der Waals surface area contributed by atoms with Crippen molar-refractivity contribution >= 4 is 33.2 Å². The van der Waals surface area contributed by atoms with Crippen molar-refractivity contribution in [2.24, 2.45) is 0 Å². The van der Waals surface area contributed by atoms with E-state index >= 15 is 0 Å². The second kappa shape index (κ2) is 9.39. The van der Waals surface area contributed by atoms with Crippen LogP contribution in [0.5, 0.6) is 0 Å². The molecule has 0 aromatic heterocycles. The van der Waals surface area contributed by atoms with Gasteiger partial charge in [-0.3, -0.25) is 4.90 Å². The number of rotatable bonds is 7. The topological polar surface area (TPSA) is 49.4 Å². The number of hydrogen-bond acceptors (Lipinski definition) is 3. The van der Waals surface area contributed by atoms with E-state index in [4.69, 9.17) is 23.2 Å². The Hall–Kier alpha value is -1.11. The van der Waals surface area contributed by atoms with E-state index in [1.54, 1.807) is 18.2 Å². The fourth-order valence-corrected chi connectivity index (χ4v) is 4.73. The molecule has 0 aliphatic carbocycles. The molecule has 1 N–H and O–H groups in total. The normalized spacial score (nSPS) is 15.8. The van der Waals surface area contributed by atoms with Crippen molar-refractivity contribution in [3.63, 3.8) is 0 Å². The maximum atomic E-state index is 12.4. The highest BCUT2D eigenvalue weighted by Gasteiger charge is 2.14. The van der Waals surface area contributed by atoms with E-state index in [1.165, 1.54) is 24.8 Å². The summed E-state index contributed by atoms with van der Waals surface area (Å²) in [7, 11) is -3.46. The number of likely N-dealkylation sites (tertiary alicyclic amines) is 1. The minimum atomic E-state index is -3.46. The monoisotopic (exact) mass is 426 g/mol. The first-order chi connectivity index (χ1) is 12.9. The van der Waals surface area contributed by atoms with Crippen molar-refractivity contribution in [2.45, 2.75) is 38.1 Å². The summed E-state index contributed by atoms with van der Waals surface area (Å²) in [6, 6.07) is 13.0. The van der Waals surface area contributed by atoms with E-state index in [0.29, 0.717) is 15.6 Å². The molecule has 2 aromatic carbocycles. The maximum Gasteiger partial charge on any atom is 0.216 e. The quantitative estimate of drug-likeness (QED) is 0.703. The van der Waals surface area contributed by atoms with E-state index in [9.17, 15) is 8.42 Å². The fraction of sp³-hybridized carbons (Fsp3) is 0.400. The van der Waals surface area contributed by atoms with E-state index in [1.807, 2.05) is 12.1 Å². The average molecular weight is 427 g/mol. The molecule has 1 saturated heterocycles. The predicted molar refractivity (Wildman–Crippen MR) is 111 cm³/mol. The first kappa shape index (κ1) is 20.6. The second-order valence-electron chi connectivity index (χ2n) is 6.99. The summed E-state index contributed by atoms with van der Waals surface area (Å²) in [5.74, 6) is -0.128. The van der Waals surface area contributed by atoms with Crippen molar-refractivity contribution in [1.29, 1.82) is 0 Å². The summed E-state index contributed by atoms with van der Waals surface area (Å²) in [6.07, 6.45) is 3.83. The second-order valence-corrected chi connectivity index (χ2v) is 9.61. The zero-order chi connectivity index (χ0) is 19.3. The molecule has 0 unspecified atom stereocenters. The molecular formula is C20H24Cl2N2O2S. The molecule has 0 spiro atoms. The van der Waals surface area contributed by atoms with Gasteiger partial charge in [0.15, 0.2) is 0 Å². The third-order valence-corrected chi connectivity index (χ3v) is 6.72. The first-order valence-electron chi connectivity index (χ1n) is 9.13. The standard InChI is InChI=1S/C20H24Cl2N2O2S/c21-19-8-7-18(12-20(19)22)15-27(25,26)23-13-16-5-4-6-17(11-16)14-24-9-2-1-3-10-24/h4-8,11-12,23H,1-3,9-10,13-15H2. The molecule has 27 heavy (non-hydrogen) atoms. The van der Waals surface area contributed by atoms with Gasteiger partial charge in [0.1, 0.15) is 0 Å². The molecule has 0 radical (unpaired) electrons. The largest absolute Gasteiger partial charge is 0.299 e. The fourth-order valence-electron chi connectivity index (χ4n) is 3.31. The van der Waals surface area contributed by atoms with Crippen LogP contribution in [0.15, 0.2) is 42.5 Å². The Kier molecular flexibility index (Phi) is 7.17. The zero-order valence-electron chi connectivity index (χ0n) is 15.1. The van der Waals surface area contributed by atoms with Crippen LogP contribution in [-0.4, -0.2) is 26.4 Å². The average Bonchev–Trinajstić information content (AvgIpc) is 2.64. The van der Waals surface area contributed by atoms with Gasteiger partial charge >= 0.3 is 0 Å². The lowest BCUT2D eigenvalue weighted by Crippen LogP contribution is -2.29. The predicted octanol–water partition coefficient (Wildman–Crippen LogP) is 4.60. The van der Waals surface area contributed by atoms with Crippen LogP contribution in [0.25, 0.3) is 0 Å². The molecule has 3 rings (SSSR count). The number of nitrogens with one attached hydrogen (secondary N) is 1. The highest BCUT2D eigenvalue weighted by Crippen LogP contribution is 2.23. The number of nitrogens with zero attached hydrogens (tertiary/aromatic N) is 1. The van der Waals surface area contributed by atoms with Crippen LogP contribution in [0.2, 0.25) is 10.0 Å². The van der Waals surface area contributed by atoms with Crippen LogP contribution in [-0.2, 0) is 28.9 Å². The molecule has 0 atom stereocenters. The van der Waals surface area contributed by atoms with Crippen LogP contribution in [0.3, 0.4) is 0 Å². The third-order valence-electron chi connectivity index (χ3n) is 4.68. The minimum Gasteiger partial charge on any atom is -0.299 e. The molecule has 0 bridgehead atoms. The lowest BCUT2D eigenvalue weighted by Gasteiger charge is -2.26. The Bertz CT molecular complexity index is 881. The van der Waals surface area contributed by atoms with E-state index in [2.05, 4.69) is 21.8 Å². The van der Waals surface area contributed by atoms with Gasteiger partial charge in [0.05, 0.1) is 15.8 Å². The Morgan fingerprint density at radius 2 is 1.63 bits per heavy atom. The molecule has 1 aliphatic rings. The Balaban J connectivity index is 1.58. The number of piperidine rings is 1. The van der Waals surface area contributed by atoms with Crippen LogP contribution in [0.4, 0.5) is 0 Å². The lowest BCUT2D eigenvalue weighted by molar-refractivity contribution is 0.221. The molecule has 4 nitrogen and oxygen atoms in total. The summed E-state index contributed by atoms with van der Waals surface area (Å²) in [5, 5.41) is 0.770. The summed E-state index contributed by atoms with van der Waals surface area (Å²) < 4.78 is 27.4. The van der Waals surface area contributed by atoms with Crippen LogP contribution in [0, 0.1) is 0 Å². The van der Waals surface area contributed by atoms with Gasteiger partial charge in [-0.2, -0.15) is 0 Å². The summed E-state index contributed by atoms with van der Waals surface area (Å²) in [5.41, 5.74) is 2.79. The summed E-state index contributed by atoms with van der Waals surface area (Å²) in [6.45, 7) is 3.47. The molecule has 7 heteroatoms. The molecule has 146 valence electrons. The Morgan fingerprint density at radius 1 is 0.889 bits per heavy atom. The van der Waals surface area contributed by atoms with Gasteiger partial charge < -0.3 is 0 Å². The summed E-state index contributed by atoms with van der Waals surface area (Å²) >= 11 is 11.8. The van der Waals surface area contributed by atoms with Crippen molar-refractivity contribution in [1.82, 2.24) is 9.62 Å². The smallest absolute Gasteiger partial charge is 0.216 e. The lowest BCUT2D eigenvalue weighted by atomic mass is 10.1. The van der Waals surface area contributed by atoms with Gasteiger partial charge in [-0.15, -0.1) is 0 Å². The highest BCUT2D eigenvalue weighted by atomic mass is 35.5. The molecule has 1 fully saturated rings. The van der Waals surface area contributed by atoms with Crippen LogP contribution < -0.4 is 4.72 Å². The molecule has 1 aliphatic heterocycles. The number of halogens is 2. The van der Waals surface area contributed by atoms with E-state index in [0.717, 1.165) is 25.2 Å². The van der Waals surface area contributed by atoms with Gasteiger partial charge in [0.2, 0.25) is 10.0 Å². The first-order valence-corrected chi connectivity index (χ1v) is 11.5. The molecule has 1 heterocycles. The van der Waals surface area contributed by atoms with Gasteiger partial charge in [0.25, 0.3) is 0 Å². The highest BCUT2D eigenvalue weighted by molar-refractivity contribution is 7.88. The van der Waals surface area contributed by atoms with Gasteiger partial charge in [0, 0.05) is 13.1 Å². The SMILES string of the molecule is O=S(=O)(Cc1ccc(Cl)c(Cl)c1)NCc1cccc(CN2CCCCC2)c1. The molecular weight excluding hydrogens is 403 g/mol. The molecule has 0 saturated carbocycles. The molecule has 0 amide bonds. The minimum absolute atomic E-state index is 0.128. The third kappa shape index (κ3) is 6.47. The van der Waals surface area contributed by atoms with Crippen molar-refractivity contribution < 1.29 is 8.42 Å². The van der Waals surface area contributed by atoms with Gasteiger partial charge in [-0.25, -0.2) is 13.1 Å². The van der Waals surface area contributed by atoms with Crippen LogP contribution in [0.1, 0.15) is 36.0 Å². The van der Waals surface area contributed by atoms with Crippen LogP contribution >= 0.6 is 23.2 Å². The van der Waals surface area contributed by atoms with Crippen molar-refractivity contribution in [2.75, 3.05) is 13.1 Å². The Morgan fingerprint density at radius 3 is 2.37 bits per heavy atom. The maximum absolute atomic E-state index is 12.4. The van der Waals surface area contributed by atoms with Gasteiger partial charge in [-0.1, -0.05) is 60.0 Å².